The fourth-order valence-electron chi connectivity index (χ4n) is 3.09. The van der Waals surface area contributed by atoms with Crippen LogP contribution in [0.25, 0.3) is 0 Å². The van der Waals surface area contributed by atoms with Crippen molar-refractivity contribution in [1.82, 2.24) is 15.2 Å². The molecule has 0 bridgehead atoms. The normalized spacial score (nSPS) is 16.3. The number of benzene rings is 2. The number of hydrazone groups is 1. The third-order valence-corrected chi connectivity index (χ3v) is 4.69. The molecule has 0 saturated carbocycles. The largest absolute Gasteiger partial charge is 0.297 e. The van der Waals surface area contributed by atoms with Crippen LogP contribution in [0, 0.1) is 5.82 Å². The molecule has 1 fully saturated rings. The molecular formula is C21H25FN4O. The fraction of sp³-hybridized carbons (Fsp3) is 0.333. The van der Waals surface area contributed by atoms with Crippen LogP contribution in [0.2, 0.25) is 0 Å². The lowest BCUT2D eigenvalue weighted by Crippen LogP contribution is -2.48. The third-order valence-electron chi connectivity index (χ3n) is 4.69. The van der Waals surface area contributed by atoms with Crippen LogP contribution in [0.15, 0.2) is 59.7 Å². The Morgan fingerprint density at radius 3 is 2.30 bits per heavy atom. The number of nitrogens with one attached hydrogen (secondary N) is 1. The van der Waals surface area contributed by atoms with Crippen LogP contribution in [0.5, 0.6) is 0 Å². The highest BCUT2D eigenvalue weighted by Gasteiger charge is 2.18. The molecule has 0 aromatic heterocycles. The van der Waals surface area contributed by atoms with Crippen molar-refractivity contribution in [3.63, 3.8) is 0 Å². The van der Waals surface area contributed by atoms with E-state index in [0.717, 1.165) is 38.3 Å². The Balaban J connectivity index is 1.41. The topological polar surface area (TPSA) is 47.9 Å². The Morgan fingerprint density at radius 2 is 1.63 bits per heavy atom. The zero-order valence-corrected chi connectivity index (χ0v) is 15.6. The molecule has 1 amide bonds. The zero-order chi connectivity index (χ0) is 19.1. The maximum Gasteiger partial charge on any atom is 0.254 e. The van der Waals surface area contributed by atoms with Crippen LogP contribution in [0.3, 0.4) is 0 Å². The number of hydrogen-bond acceptors (Lipinski definition) is 4. The molecular weight excluding hydrogens is 343 g/mol. The summed E-state index contributed by atoms with van der Waals surface area (Å²) in [5.74, 6) is -0.421. The minimum Gasteiger partial charge on any atom is -0.297 e. The first-order valence-electron chi connectivity index (χ1n) is 9.18. The van der Waals surface area contributed by atoms with Crippen molar-refractivity contribution in [2.45, 2.75) is 13.5 Å². The molecule has 0 spiro atoms. The second-order valence-corrected chi connectivity index (χ2v) is 6.78. The molecule has 0 radical (unpaired) electrons. The number of halogens is 1. The molecule has 6 heteroatoms. The summed E-state index contributed by atoms with van der Waals surface area (Å²) in [7, 11) is 0. The van der Waals surface area contributed by atoms with Crippen molar-refractivity contribution in [3.8, 4) is 0 Å². The van der Waals surface area contributed by atoms with Gasteiger partial charge < -0.3 is 0 Å². The lowest BCUT2D eigenvalue weighted by Gasteiger charge is -2.34. The molecule has 0 unspecified atom stereocenters. The molecule has 2 aromatic carbocycles. The van der Waals surface area contributed by atoms with Gasteiger partial charge >= 0.3 is 0 Å². The van der Waals surface area contributed by atoms with Crippen molar-refractivity contribution in [3.05, 3.63) is 71.5 Å². The Hall–Kier alpha value is -2.57. The summed E-state index contributed by atoms with van der Waals surface area (Å²) >= 11 is 0. The van der Waals surface area contributed by atoms with Crippen molar-refractivity contribution in [2.75, 3.05) is 32.7 Å². The van der Waals surface area contributed by atoms with E-state index in [2.05, 4.69) is 44.6 Å². The van der Waals surface area contributed by atoms with Gasteiger partial charge in [-0.2, -0.15) is 5.10 Å². The van der Waals surface area contributed by atoms with Gasteiger partial charge in [0.25, 0.3) is 5.91 Å². The monoisotopic (exact) mass is 368 g/mol. The van der Waals surface area contributed by atoms with Gasteiger partial charge in [0.15, 0.2) is 0 Å². The minimum absolute atomic E-state index is 0.132. The van der Waals surface area contributed by atoms with E-state index in [-0.39, 0.29) is 11.7 Å². The highest BCUT2D eigenvalue weighted by atomic mass is 19.1. The molecule has 3 rings (SSSR count). The first-order chi connectivity index (χ1) is 13.1. The van der Waals surface area contributed by atoms with Gasteiger partial charge in [0.2, 0.25) is 0 Å². The first-order valence-corrected chi connectivity index (χ1v) is 9.18. The minimum atomic E-state index is -0.290. The van der Waals surface area contributed by atoms with Gasteiger partial charge in [-0.05, 0) is 30.2 Å². The standard InChI is InChI=1S/C21H25FN4O/c1-17(19-7-9-20(22)10-8-19)23-24-21(27)16-26-13-11-25(12-14-26)15-18-5-3-2-4-6-18/h2-10H,11-16H2,1H3,(H,24,27). The van der Waals surface area contributed by atoms with E-state index in [0.29, 0.717) is 12.3 Å². The van der Waals surface area contributed by atoms with Gasteiger partial charge in [0.1, 0.15) is 5.82 Å². The Morgan fingerprint density at radius 1 is 1.00 bits per heavy atom. The molecule has 1 saturated heterocycles. The molecule has 1 aliphatic rings. The van der Waals surface area contributed by atoms with E-state index in [1.807, 2.05) is 6.07 Å². The molecule has 0 atom stereocenters. The third kappa shape index (κ3) is 5.98. The van der Waals surface area contributed by atoms with E-state index in [9.17, 15) is 9.18 Å². The zero-order valence-electron chi connectivity index (χ0n) is 15.6. The van der Waals surface area contributed by atoms with Crippen molar-refractivity contribution >= 4 is 11.6 Å². The average Bonchev–Trinajstić information content (AvgIpc) is 2.69. The smallest absolute Gasteiger partial charge is 0.254 e. The van der Waals surface area contributed by atoms with E-state index < -0.39 is 0 Å². The summed E-state index contributed by atoms with van der Waals surface area (Å²) in [6.45, 7) is 6.68. The second-order valence-electron chi connectivity index (χ2n) is 6.78. The average molecular weight is 368 g/mol. The molecule has 1 aliphatic heterocycles. The van der Waals surface area contributed by atoms with E-state index in [4.69, 9.17) is 0 Å². The number of piperazine rings is 1. The Labute approximate surface area is 159 Å². The molecule has 5 nitrogen and oxygen atoms in total. The van der Waals surface area contributed by atoms with Crippen LogP contribution in [-0.2, 0) is 11.3 Å². The molecule has 1 heterocycles. The van der Waals surface area contributed by atoms with Crippen LogP contribution >= 0.6 is 0 Å². The number of carbonyl (C=O) groups is 1. The van der Waals surface area contributed by atoms with E-state index >= 15 is 0 Å². The lowest BCUT2D eigenvalue weighted by molar-refractivity contribution is -0.122. The van der Waals surface area contributed by atoms with Crippen LogP contribution in [0.4, 0.5) is 4.39 Å². The number of nitrogens with zero attached hydrogens (tertiary/aromatic N) is 3. The fourth-order valence-corrected chi connectivity index (χ4v) is 3.09. The number of rotatable bonds is 6. The van der Waals surface area contributed by atoms with Gasteiger partial charge in [0.05, 0.1) is 12.3 Å². The predicted molar refractivity (Wildman–Crippen MR) is 105 cm³/mol. The highest BCUT2D eigenvalue weighted by molar-refractivity contribution is 5.99. The summed E-state index contributed by atoms with van der Waals surface area (Å²) in [6.07, 6.45) is 0. The molecule has 2 aromatic rings. The van der Waals surface area contributed by atoms with E-state index in [1.54, 1.807) is 19.1 Å². The quantitative estimate of drug-likeness (QED) is 0.630. The number of hydrogen-bond donors (Lipinski definition) is 1. The van der Waals surface area contributed by atoms with Crippen molar-refractivity contribution < 1.29 is 9.18 Å². The maximum absolute atomic E-state index is 13.0. The summed E-state index contributed by atoms with van der Waals surface area (Å²) in [5.41, 5.74) is 5.34. The van der Waals surface area contributed by atoms with Crippen LogP contribution in [-0.4, -0.2) is 54.1 Å². The van der Waals surface area contributed by atoms with Crippen LogP contribution in [0.1, 0.15) is 18.1 Å². The maximum atomic E-state index is 13.0. The number of amides is 1. The number of carbonyl (C=O) groups excluding carboxylic acids is 1. The van der Waals surface area contributed by atoms with Gasteiger partial charge in [-0.25, -0.2) is 9.82 Å². The SMILES string of the molecule is CC(=NNC(=O)CN1CCN(Cc2ccccc2)CC1)c1ccc(F)cc1. The molecule has 0 aliphatic carbocycles. The van der Waals surface area contributed by atoms with Crippen molar-refractivity contribution in [1.29, 1.82) is 0 Å². The molecule has 142 valence electrons. The predicted octanol–water partition coefficient (Wildman–Crippen LogP) is 2.48. The Kier molecular flexibility index (Phi) is 6.68. The van der Waals surface area contributed by atoms with Gasteiger partial charge in [-0.3, -0.25) is 14.6 Å². The van der Waals surface area contributed by atoms with Gasteiger partial charge in [0, 0.05) is 32.7 Å². The van der Waals surface area contributed by atoms with Gasteiger partial charge in [-0.1, -0.05) is 42.5 Å². The Bertz CT molecular complexity index is 769. The summed E-state index contributed by atoms with van der Waals surface area (Å²) in [5, 5.41) is 4.12. The van der Waals surface area contributed by atoms with Crippen molar-refractivity contribution in [2.24, 2.45) is 5.10 Å². The molecule has 27 heavy (non-hydrogen) atoms. The summed E-state index contributed by atoms with van der Waals surface area (Å²) < 4.78 is 13.0. The second kappa shape index (κ2) is 9.39. The first kappa shape index (κ1) is 19.2. The summed E-state index contributed by atoms with van der Waals surface area (Å²) in [6, 6.07) is 16.5. The lowest BCUT2D eigenvalue weighted by atomic mass is 10.1. The van der Waals surface area contributed by atoms with E-state index in [1.165, 1.54) is 17.7 Å². The summed E-state index contributed by atoms with van der Waals surface area (Å²) in [4.78, 5) is 16.7. The highest BCUT2D eigenvalue weighted by Crippen LogP contribution is 2.08. The van der Waals surface area contributed by atoms with Crippen LogP contribution < -0.4 is 5.43 Å². The van der Waals surface area contributed by atoms with Gasteiger partial charge in [-0.15, -0.1) is 0 Å². The molecule has 1 N–H and O–H groups in total.